The Morgan fingerprint density at radius 2 is 1.12 bits per heavy atom. The molecule has 0 aromatic carbocycles. The molecule has 2 N–H and O–H groups in total. The molecule has 11 nitrogen and oxygen atoms in total. The number of anilines is 2. The zero-order valence-corrected chi connectivity index (χ0v) is 35.1. The van der Waals surface area contributed by atoms with Gasteiger partial charge < -0.3 is 15.5 Å². The Balaban J connectivity index is 0.000000184. The minimum absolute atomic E-state index is 0. The van der Waals surface area contributed by atoms with E-state index in [9.17, 15) is 0 Å². The van der Waals surface area contributed by atoms with Crippen molar-refractivity contribution in [3.8, 4) is 12.1 Å². The molecule has 0 spiro atoms. The molecule has 2 saturated heterocycles. The zero-order chi connectivity index (χ0) is 40.3. The first-order chi connectivity index (χ1) is 27.6. The smallest absolute Gasteiger partial charge is 0.225 e. The third kappa shape index (κ3) is 13.2. The molecule has 308 valence electrons. The van der Waals surface area contributed by atoms with Crippen molar-refractivity contribution in [3.05, 3.63) is 92.5 Å². The summed E-state index contributed by atoms with van der Waals surface area (Å²) in [5, 5.41) is 19.1. The summed E-state index contributed by atoms with van der Waals surface area (Å²) >= 11 is 17.3. The monoisotopic (exact) mass is 843 g/mol. The Bertz CT molecular complexity index is 1960. The molecular weight excluding hydrogens is 789 g/mol. The molecule has 2 saturated carbocycles. The molecule has 4 fully saturated rings. The van der Waals surface area contributed by atoms with Crippen LogP contribution in [0, 0.1) is 72.0 Å². The van der Waals surface area contributed by atoms with Crippen molar-refractivity contribution in [1.29, 1.82) is 10.5 Å². The van der Waals surface area contributed by atoms with E-state index < -0.39 is 0 Å². The second-order valence-electron chi connectivity index (χ2n) is 15.9. The quantitative estimate of drug-likeness (QED) is 0.152. The molecule has 2 aliphatic heterocycles. The lowest BCUT2D eigenvalue weighted by molar-refractivity contribution is 0.341. The molecule has 6 heterocycles. The summed E-state index contributed by atoms with van der Waals surface area (Å²) in [6.07, 6.45) is 19.1. The summed E-state index contributed by atoms with van der Waals surface area (Å²) in [6, 6.07) is 11.2. The highest BCUT2D eigenvalue weighted by atomic mass is 35.5. The average molecular weight is 845 g/mol. The fraction of sp³-hybridized carbons (Fsp3) is 0.545. The lowest BCUT2D eigenvalue weighted by Gasteiger charge is -2.32. The van der Waals surface area contributed by atoms with Gasteiger partial charge in [0.25, 0.3) is 0 Å². The van der Waals surface area contributed by atoms with Crippen molar-refractivity contribution in [2.45, 2.75) is 85.5 Å². The summed E-state index contributed by atoms with van der Waals surface area (Å²) in [7, 11) is 0. The number of rotatable bonds is 10. The number of hydrogen-bond acceptors (Lipinski definition) is 11. The summed E-state index contributed by atoms with van der Waals surface area (Å²) < 4.78 is 0. The van der Waals surface area contributed by atoms with Crippen LogP contribution in [0.25, 0.3) is 0 Å². The summed E-state index contributed by atoms with van der Waals surface area (Å²) in [4.78, 5) is 30.3. The Morgan fingerprint density at radius 3 is 1.57 bits per heavy atom. The topological polar surface area (TPSA) is 157 Å². The number of pyridine rings is 2. The molecule has 0 radical (unpaired) electrons. The van der Waals surface area contributed by atoms with Gasteiger partial charge in [0, 0.05) is 43.3 Å². The molecule has 4 aliphatic rings. The Morgan fingerprint density at radius 1 is 0.672 bits per heavy atom. The molecule has 4 aromatic rings. The van der Waals surface area contributed by atoms with Gasteiger partial charge in [0.1, 0.15) is 5.15 Å². The molecule has 4 aromatic heterocycles. The molecule has 2 unspecified atom stereocenters. The maximum atomic E-state index is 9.10. The molecule has 14 heteroatoms. The fourth-order valence-electron chi connectivity index (χ4n) is 8.74. The number of piperidine rings is 2. The van der Waals surface area contributed by atoms with Gasteiger partial charge in [-0.15, -0.1) is 0 Å². The van der Waals surface area contributed by atoms with Gasteiger partial charge in [-0.1, -0.05) is 42.2 Å². The third-order valence-electron chi connectivity index (χ3n) is 11.8. The van der Waals surface area contributed by atoms with E-state index in [0.29, 0.717) is 20.8 Å². The lowest BCUT2D eigenvalue weighted by Crippen LogP contribution is -2.35. The Labute approximate surface area is 359 Å². The van der Waals surface area contributed by atoms with Gasteiger partial charge in [0.15, 0.2) is 0 Å². The SMILES string of the molecule is C.Cc1cc(C#N)cc(CCCC2C[C@@H]2C2CCN(c3ncc(Cl)cn3)CC2)n1.Cc1cc(C#N)cc(Cl)n1.NCCC1C[C@@H]1C1CCN(c2ncc(Cl)cn2)CC1. The number of hydrogen-bond donors (Lipinski definition) is 1. The fourth-order valence-corrected chi connectivity index (χ4v) is 9.18. The van der Waals surface area contributed by atoms with Crippen molar-refractivity contribution in [2.24, 2.45) is 41.2 Å². The second-order valence-corrected chi connectivity index (χ2v) is 17.1. The van der Waals surface area contributed by atoms with Crippen molar-refractivity contribution >= 4 is 46.7 Å². The number of nitrogens with zero attached hydrogens (tertiary/aromatic N) is 10. The van der Waals surface area contributed by atoms with Crippen LogP contribution in [0.1, 0.15) is 93.4 Å². The maximum absolute atomic E-state index is 9.10. The van der Waals surface area contributed by atoms with Crippen LogP contribution in [0.2, 0.25) is 15.2 Å². The number of nitrogens with two attached hydrogens (primary N) is 1. The van der Waals surface area contributed by atoms with E-state index >= 15 is 0 Å². The van der Waals surface area contributed by atoms with Gasteiger partial charge in [-0.25, -0.2) is 24.9 Å². The average Bonchev–Trinajstić information content (AvgIpc) is 4.16. The van der Waals surface area contributed by atoms with Gasteiger partial charge in [-0.2, -0.15) is 10.5 Å². The zero-order valence-electron chi connectivity index (χ0n) is 32.9. The molecule has 58 heavy (non-hydrogen) atoms. The minimum atomic E-state index is 0. The van der Waals surface area contributed by atoms with Crippen molar-refractivity contribution in [3.63, 3.8) is 0 Å². The van der Waals surface area contributed by atoms with Crippen molar-refractivity contribution in [1.82, 2.24) is 29.9 Å². The highest BCUT2D eigenvalue weighted by Gasteiger charge is 2.44. The first kappa shape index (κ1) is 45.0. The predicted octanol–water partition coefficient (Wildman–Crippen LogP) is 9.46. The molecule has 8 rings (SSSR count). The van der Waals surface area contributed by atoms with Gasteiger partial charge in [0.2, 0.25) is 11.9 Å². The van der Waals surface area contributed by atoms with Crippen LogP contribution in [0.15, 0.2) is 49.1 Å². The van der Waals surface area contributed by atoms with Crippen LogP contribution in [0.3, 0.4) is 0 Å². The van der Waals surface area contributed by atoms with E-state index in [1.165, 1.54) is 63.9 Å². The van der Waals surface area contributed by atoms with Crippen molar-refractivity contribution in [2.75, 3.05) is 42.5 Å². The van der Waals surface area contributed by atoms with Gasteiger partial charge in [0.05, 0.1) is 58.1 Å². The highest BCUT2D eigenvalue weighted by molar-refractivity contribution is 6.30. The van der Waals surface area contributed by atoms with Crippen LogP contribution in [0.5, 0.6) is 0 Å². The minimum Gasteiger partial charge on any atom is -0.341 e. The Kier molecular flexibility index (Phi) is 16.9. The summed E-state index contributed by atoms with van der Waals surface area (Å²) in [5.41, 5.74) is 9.68. The van der Waals surface area contributed by atoms with E-state index in [0.717, 1.165) is 109 Å². The van der Waals surface area contributed by atoms with Gasteiger partial charge >= 0.3 is 0 Å². The second kappa shape index (κ2) is 21.8. The normalized spacial score (nSPS) is 21.2. The molecule has 4 atom stereocenters. The molecule has 0 bridgehead atoms. The number of nitriles is 2. The van der Waals surface area contributed by atoms with Gasteiger partial charge in [-0.3, -0.25) is 4.98 Å². The van der Waals surface area contributed by atoms with E-state index in [2.05, 4.69) is 45.8 Å². The van der Waals surface area contributed by atoms with E-state index in [1.807, 2.05) is 25.1 Å². The Hall–Kier alpha value is -4.13. The molecular formula is C44H56Cl3N11. The first-order valence-electron chi connectivity index (χ1n) is 20.2. The number of aryl methyl sites for hydroxylation is 3. The van der Waals surface area contributed by atoms with Crippen LogP contribution < -0.4 is 15.5 Å². The largest absolute Gasteiger partial charge is 0.341 e. The summed E-state index contributed by atoms with van der Waals surface area (Å²) in [5.74, 6) is 6.98. The highest BCUT2D eigenvalue weighted by Crippen LogP contribution is 2.51. The van der Waals surface area contributed by atoms with Crippen LogP contribution in [0.4, 0.5) is 11.9 Å². The number of halogens is 3. The number of aromatic nitrogens is 6. The predicted molar refractivity (Wildman–Crippen MR) is 233 cm³/mol. The standard InChI is InChI=1S/C22H26ClN5.C14H21ClN4.C7H5ClN2.CH4/c1-15-9-16(12-24)10-20(27-15)4-2-3-18-11-21(18)17-5-7-28(8-6-17)22-25-13-19(23)14-26-22;15-12-8-17-14(18-9-12)19-5-2-10(3-6-19)13-7-11(13)1-4-16;1-5-2-6(4-9)3-7(8)10-5;/h9-10,13-14,17-18,21H,2-8,11H2,1H3;8-11,13H,1-7,16H2;2-3H,1H3;1H4/t18?,21-;11?,13-;;/m11../s1. The van der Waals surface area contributed by atoms with E-state index in [1.54, 1.807) is 37.8 Å². The molecule has 2 aliphatic carbocycles. The summed E-state index contributed by atoms with van der Waals surface area (Å²) in [6.45, 7) is 8.82. The lowest BCUT2D eigenvalue weighted by atomic mass is 9.90. The van der Waals surface area contributed by atoms with E-state index in [-0.39, 0.29) is 7.43 Å². The van der Waals surface area contributed by atoms with Gasteiger partial charge in [-0.05, 0) is 144 Å². The van der Waals surface area contributed by atoms with E-state index in [4.69, 9.17) is 51.1 Å². The van der Waals surface area contributed by atoms with Crippen molar-refractivity contribution < 1.29 is 0 Å². The van der Waals surface area contributed by atoms with Crippen LogP contribution in [-0.2, 0) is 6.42 Å². The van der Waals surface area contributed by atoms with Crippen LogP contribution in [-0.4, -0.2) is 62.6 Å². The first-order valence-corrected chi connectivity index (χ1v) is 21.3. The van der Waals surface area contributed by atoms with Crippen LogP contribution >= 0.6 is 34.8 Å². The third-order valence-corrected chi connectivity index (χ3v) is 12.3. The molecule has 0 amide bonds. The maximum Gasteiger partial charge on any atom is 0.225 e.